The summed E-state index contributed by atoms with van der Waals surface area (Å²) < 4.78 is 7.85. The van der Waals surface area contributed by atoms with E-state index in [4.69, 9.17) is 4.74 Å². The second-order valence-corrected chi connectivity index (χ2v) is 4.81. The number of hydrogen-bond acceptors (Lipinski definition) is 4. The van der Waals surface area contributed by atoms with Crippen molar-refractivity contribution in [2.45, 2.75) is 6.92 Å². The summed E-state index contributed by atoms with van der Waals surface area (Å²) in [6.07, 6.45) is 0. The Kier molecular flexibility index (Phi) is 3.50. The van der Waals surface area contributed by atoms with Crippen molar-refractivity contribution in [3.05, 3.63) is 43.6 Å². The standard InChI is InChI=1S/C11H10IN3O3/c1-7-10(15(16)17)11(14(2)13-7)18-9-6-4-3-5-8(9)12/h3-6H,1-2H3. The molecule has 0 aliphatic carbocycles. The fraction of sp³-hybridized carbons (Fsp3) is 0.182. The maximum Gasteiger partial charge on any atom is 0.353 e. The smallest absolute Gasteiger partial charge is 0.353 e. The van der Waals surface area contributed by atoms with Gasteiger partial charge in [-0.3, -0.25) is 10.1 Å². The van der Waals surface area contributed by atoms with Crippen LogP contribution < -0.4 is 4.74 Å². The Balaban J connectivity index is 2.47. The lowest BCUT2D eigenvalue weighted by molar-refractivity contribution is -0.386. The third-order valence-electron chi connectivity index (χ3n) is 2.37. The van der Waals surface area contributed by atoms with E-state index in [0.29, 0.717) is 11.4 Å². The molecule has 0 saturated heterocycles. The van der Waals surface area contributed by atoms with Gasteiger partial charge in [0.15, 0.2) is 0 Å². The average Bonchev–Trinajstić information content (AvgIpc) is 2.57. The summed E-state index contributed by atoms with van der Waals surface area (Å²) in [7, 11) is 1.62. The molecule has 2 rings (SSSR count). The molecule has 0 aliphatic rings. The molecule has 1 heterocycles. The van der Waals surface area contributed by atoms with Crippen molar-refractivity contribution < 1.29 is 9.66 Å². The molecule has 7 heteroatoms. The van der Waals surface area contributed by atoms with Gasteiger partial charge in [-0.1, -0.05) is 12.1 Å². The van der Waals surface area contributed by atoms with E-state index in [1.165, 1.54) is 4.68 Å². The van der Waals surface area contributed by atoms with E-state index in [0.717, 1.165) is 3.57 Å². The molecular weight excluding hydrogens is 349 g/mol. The molecule has 0 unspecified atom stereocenters. The van der Waals surface area contributed by atoms with Crippen molar-refractivity contribution in [3.8, 4) is 11.6 Å². The van der Waals surface area contributed by atoms with Crippen molar-refractivity contribution >= 4 is 28.3 Å². The van der Waals surface area contributed by atoms with Crippen molar-refractivity contribution in [2.75, 3.05) is 0 Å². The number of nitro groups is 1. The number of benzene rings is 1. The minimum absolute atomic E-state index is 0.0999. The Morgan fingerprint density at radius 1 is 1.44 bits per heavy atom. The fourth-order valence-corrected chi connectivity index (χ4v) is 2.08. The third kappa shape index (κ3) is 2.30. The summed E-state index contributed by atoms with van der Waals surface area (Å²) in [5.74, 6) is 0.714. The Hall–Kier alpha value is -1.64. The first-order chi connectivity index (χ1) is 8.50. The van der Waals surface area contributed by atoms with E-state index in [9.17, 15) is 10.1 Å². The van der Waals surface area contributed by atoms with E-state index in [-0.39, 0.29) is 11.6 Å². The molecule has 0 saturated carbocycles. The third-order valence-corrected chi connectivity index (χ3v) is 3.26. The van der Waals surface area contributed by atoms with Gasteiger partial charge in [-0.05, 0) is 41.6 Å². The number of hydrogen-bond donors (Lipinski definition) is 0. The van der Waals surface area contributed by atoms with Gasteiger partial charge in [-0.15, -0.1) is 0 Å². The lowest BCUT2D eigenvalue weighted by Crippen LogP contribution is -1.98. The normalized spacial score (nSPS) is 10.4. The van der Waals surface area contributed by atoms with Gasteiger partial charge in [0.1, 0.15) is 11.4 Å². The predicted molar refractivity (Wildman–Crippen MR) is 73.8 cm³/mol. The maximum atomic E-state index is 11.0. The van der Waals surface area contributed by atoms with Crippen LogP contribution in [-0.4, -0.2) is 14.7 Å². The van der Waals surface area contributed by atoms with Crippen molar-refractivity contribution in [3.63, 3.8) is 0 Å². The van der Waals surface area contributed by atoms with Crippen LogP contribution >= 0.6 is 22.6 Å². The van der Waals surface area contributed by atoms with Gasteiger partial charge < -0.3 is 4.74 Å². The van der Waals surface area contributed by atoms with Crippen LogP contribution in [0.4, 0.5) is 5.69 Å². The summed E-state index contributed by atoms with van der Waals surface area (Å²) >= 11 is 2.11. The number of para-hydroxylation sites is 1. The molecule has 0 fully saturated rings. The number of aromatic nitrogens is 2. The molecule has 1 aromatic heterocycles. The van der Waals surface area contributed by atoms with Crippen LogP contribution in [-0.2, 0) is 7.05 Å². The van der Waals surface area contributed by atoms with Crippen LogP contribution in [0.2, 0.25) is 0 Å². The molecule has 0 aliphatic heterocycles. The lowest BCUT2D eigenvalue weighted by atomic mass is 10.3. The van der Waals surface area contributed by atoms with Crippen LogP contribution in [0.1, 0.15) is 5.69 Å². The molecule has 6 nitrogen and oxygen atoms in total. The number of rotatable bonds is 3. The first-order valence-electron chi connectivity index (χ1n) is 5.11. The van der Waals surface area contributed by atoms with Gasteiger partial charge in [0.25, 0.3) is 5.88 Å². The largest absolute Gasteiger partial charge is 0.433 e. The van der Waals surface area contributed by atoms with E-state index in [1.54, 1.807) is 20.0 Å². The van der Waals surface area contributed by atoms with Gasteiger partial charge in [0.05, 0.1) is 8.49 Å². The Bertz CT molecular complexity index is 610. The van der Waals surface area contributed by atoms with Gasteiger partial charge in [0, 0.05) is 7.05 Å². The van der Waals surface area contributed by atoms with Gasteiger partial charge in [-0.25, -0.2) is 4.68 Å². The predicted octanol–water partition coefficient (Wildman–Crippen LogP) is 3.03. The highest BCUT2D eigenvalue weighted by atomic mass is 127. The molecule has 0 radical (unpaired) electrons. The monoisotopic (exact) mass is 359 g/mol. The van der Waals surface area contributed by atoms with Gasteiger partial charge >= 0.3 is 5.69 Å². The quantitative estimate of drug-likeness (QED) is 0.480. The van der Waals surface area contributed by atoms with Gasteiger partial charge in [0.2, 0.25) is 0 Å². The van der Waals surface area contributed by atoms with Crippen LogP contribution in [0.25, 0.3) is 0 Å². The summed E-state index contributed by atoms with van der Waals surface area (Å²) in [5.41, 5.74) is 0.237. The SMILES string of the molecule is Cc1nn(C)c(Oc2ccccc2I)c1[N+](=O)[O-]. The lowest BCUT2D eigenvalue weighted by Gasteiger charge is -2.06. The molecule has 2 aromatic rings. The molecule has 0 spiro atoms. The average molecular weight is 359 g/mol. The number of nitrogens with zero attached hydrogens (tertiary/aromatic N) is 3. The zero-order valence-corrected chi connectivity index (χ0v) is 11.9. The minimum atomic E-state index is -0.479. The molecule has 0 amide bonds. The summed E-state index contributed by atoms with van der Waals surface area (Å²) in [6, 6.07) is 7.31. The maximum absolute atomic E-state index is 11.0. The molecular formula is C11H10IN3O3. The van der Waals surface area contributed by atoms with Crippen molar-refractivity contribution in [1.82, 2.24) is 9.78 Å². The molecule has 0 bridgehead atoms. The second kappa shape index (κ2) is 4.92. The molecule has 1 aromatic carbocycles. The van der Waals surface area contributed by atoms with Crippen LogP contribution in [0, 0.1) is 20.6 Å². The van der Waals surface area contributed by atoms with Gasteiger partial charge in [-0.2, -0.15) is 5.10 Å². The van der Waals surface area contributed by atoms with E-state index < -0.39 is 4.92 Å². The second-order valence-electron chi connectivity index (χ2n) is 3.65. The van der Waals surface area contributed by atoms with E-state index >= 15 is 0 Å². The number of ether oxygens (including phenoxy) is 1. The Morgan fingerprint density at radius 2 is 2.11 bits per heavy atom. The first-order valence-corrected chi connectivity index (χ1v) is 6.19. The Labute approximate surface area is 117 Å². The number of aryl methyl sites for hydroxylation is 2. The van der Waals surface area contributed by atoms with Crippen molar-refractivity contribution in [1.29, 1.82) is 0 Å². The van der Waals surface area contributed by atoms with E-state index in [1.807, 2.05) is 18.2 Å². The Morgan fingerprint density at radius 3 is 2.72 bits per heavy atom. The zero-order valence-electron chi connectivity index (χ0n) is 9.75. The molecule has 0 N–H and O–H groups in total. The topological polar surface area (TPSA) is 70.2 Å². The molecule has 18 heavy (non-hydrogen) atoms. The summed E-state index contributed by atoms with van der Waals surface area (Å²) in [6.45, 7) is 1.58. The highest BCUT2D eigenvalue weighted by Crippen LogP contribution is 2.34. The summed E-state index contributed by atoms with van der Waals surface area (Å²) in [4.78, 5) is 10.5. The zero-order chi connectivity index (χ0) is 13.3. The van der Waals surface area contributed by atoms with Crippen LogP contribution in [0.15, 0.2) is 24.3 Å². The first kappa shape index (κ1) is 12.8. The minimum Gasteiger partial charge on any atom is -0.433 e. The summed E-state index contributed by atoms with van der Waals surface area (Å²) in [5, 5.41) is 15.0. The van der Waals surface area contributed by atoms with E-state index in [2.05, 4.69) is 27.7 Å². The van der Waals surface area contributed by atoms with Crippen LogP contribution in [0.5, 0.6) is 11.6 Å². The highest BCUT2D eigenvalue weighted by Gasteiger charge is 2.26. The highest BCUT2D eigenvalue weighted by molar-refractivity contribution is 14.1. The molecule has 94 valence electrons. The van der Waals surface area contributed by atoms with Crippen LogP contribution in [0.3, 0.4) is 0 Å². The van der Waals surface area contributed by atoms with Crippen molar-refractivity contribution in [2.24, 2.45) is 7.05 Å². The number of halogens is 1. The fourth-order valence-electron chi connectivity index (χ4n) is 1.58. The molecule has 0 atom stereocenters.